The molecule has 0 spiro atoms. The van der Waals surface area contributed by atoms with Crippen LogP contribution in [0, 0.1) is 12.7 Å². The largest absolute Gasteiger partial charge is 0.387 e. The van der Waals surface area contributed by atoms with Gasteiger partial charge in [-0.05, 0) is 31.9 Å². The van der Waals surface area contributed by atoms with Crippen LogP contribution in [0.25, 0.3) is 0 Å². The first kappa shape index (κ1) is 23.2. The summed E-state index contributed by atoms with van der Waals surface area (Å²) < 4.78 is 41.7. The van der Waals surface area contributed by atoms with Gasteiger partial charge in [0.15, 0.2) is 5.13 Å². The summed E-state index contributed by atoms with van der Waals surface area (Å²) in [6.07, 6.45) is 6.14. The van der Waals surface area contributed by atoms with Crippen LogP contribution in [0.5, 0.6) is 0 Å². The number of hydrogen-bond donors (Lipinski definition) is 4. The summed E-state index contributed by atoms with van der Waals surface area (Å²) in [7, 11) is -4.13. The summed E-state index contributed by atoms with van der Waals surface area (Å²) >= 11 is 7.34. The Hall–Kier alpha value is -1.46. The maximum Gasteiger partial charge on any atom is 0.266 e. The van der Waals surface area contributed by atoms with E-state index >= 15 is 0 Å². The second-order valence-electron chi connectivity index (χ2n) is 7.56. The molecule has 0 atom stereocenters. The van der Waals surface area contributed by atoms with E-state index in [1.165, 1.54) is 6.20 Å². The second-order valence-corrected chi connectivity index (χ2v) is 10.9. The highest BCUT2D eigenvalue weighted by atomic mass is 35.5. The third kappa shape index (κ3) is 6.04. The number of nitrogens with zero attached hydrogens (tertiary/aromatic N) is 1. The Morgan fingerprint density at radius 3 is 2.67 bits per heavy atom. The molecule has 0 saturated carbocycles. The lowest BCUT2D eigenvalue weighted by Crippen LogP contribution is -2.59. The van der Waals surface area contributed by atoms with Gasteiger partial charge >= 0.3 is 0 Å². The number of rotatable bonds is 11. The summed E-state index contributed by atoms with van der Waals surface area (Å²) in [4.78, 5) is 4.25. The van der Waals surface area contributed by atoms with Crippen molar-refractivity contribution in [2.45, 2.75) is 49.5 Å². The fourth-order valence-corrected chi connectivity index (χ4v) is 5.48. The Labute approximate surface area is 185 Å². The Morgan fingerprint density at radius 1 is 1.30 bits per heavy atom. The molecule has 0 bridgehead atoms. The van der Waals surface area contributed by atoms with Crippen molar-refractivity contribution in [2.24, 2.45) is 0 Å². The van der Waals surface area contributed by atoms with E-state index in [2.05, 4.69) is 20.3 Å². The summed E-state index contributed by atoms with van der Waals surface area (Å²) in [5, 5.41) is 16.4. The average molecular weight is 477 g/mol. The summed E-state index contributed by atoms with van der Waals surface area (Å²) in [5.74, 6) is -0.884. The SMILES string of the molecule is Cc1cnc(NS(=O)(=O)c2cc(Cl)c(NCCCCCCC3(O)CNC3)cc2F)s1. The normalized spacial score (nSPS) is 15.6. The van der Waals surface area contributed by atoms with Gasteiger partial charge in [0.05, 0.1) is 16.3 Å². The van der Waals surface area contributed by atoms with Crippen LogP contribution in [0.1, 0.15) is 37.0 Å². The predicted molar refractivity (Wildman–Crippen MR) is 118 cm³/mol. The number of anilines is 2. The van der Waals surface area contributed by atoms with Crippen molar-refractivity contribution in [3.63, 3.8) is 0 Å². The lowest BCUT2D eigenvalue weighted by molar-refractivity contribution is -0.0191. The van der Waals surface area contributed by atoms with Crippen molar-refractivity contribution in [1.82, 2.24) is 10.3 Å². The van der Waals surface area contributed by atoms with Crippen molar-refractivity contribution >= 4 is 43.8 Å². The third-order valence-electron chi connectivity index (χ3n) is 4.95. The van der Waals surface area contributed by atoms with Gasteiger partial charge in [0.2, 0.25) is 0 Å². The minimum absolute atomic E-state index is 0.131. The monoisotopic (exact) mass is 476 g/mol. The Morgan fingerprint density at radius 2 is 2.03 bits per heavy atom. The Bertz CT molecular complexity index is 980. The van der Waals surface area contributed by atoms with Gasteiger partial charge in [-0.15, -0.1) is 11.3 Å². The number of nitrogens with one attached hydrogen (secondary N) is 3. The maximum absolute atomic E-state index is 14.5. The first-order valence-electron chi connectivity index (χ1n) is 9.80. The van der Waals surface area contributed by atoms with Crippen LogP contribution in [0.2, 0.25) is 5.02 Å². The number of hydrogen-bond acceptors (Lipinski definition) is 7. The summed E-state index contributed by atoms with van der Waals surface area (Å²) in [5.41, 5.74) is -0.174. The number of sulfonamides is 1. The number of β-amino-alcohol motifs (C(OH)–C–C–N with tert-alkyl or cyclic N) is 1. The molecule has 0 amide bonds. The minimum atomic E-state index is -4.13. The molecule has 1 saturated heterocycles. The molecule has 1 fully saturated rings. The molecular weight excluding hydrogens is 451 g/mol. The zero-order valence-corrected chi connectivity index (χ0v) is 19.1. The molecule has 11 heteroatoms. The molecule has 0 unspecified atom stereocenters. The van der Waals surface area contributed by atoms with Crippen LogP contribution >= 0.6 is 22.9 Å². The molecule has 0 aliphatic carbocycles. The fourth-order valence-electron chi connectivity index (χ4n) is 3.19. The number of benzene rings is 1. The van der Waals surface area contributed by atoms with Gasteiger partial charge in [-0.2, -0.15) is 0 Å². The molecule has 1 aromatic heterocycles. The van der Waals surface area contributed by atoms with Crippen LogP contribution in [0.3, 0.4) is 0 Å². The maximum atomic E-state index is 14.5. The highest BCUT2D eigenvalue weighted by molar-refractivity contribution is 7.93. The molecule has 0 radical (unpaired) electrons. The zero-order chi connectivity index (χ0) is 21.8. The van der Waals surface area contributed by atoms with Gasteiger partial charge in [0, 0.05) is 30.7 Å². The topological polar surface area (TPSA) is 103 Å². The molecule has 3 rings (SSSR count). The van der Waals surface area contributed by atoms with Crippen LogP contribution in [0.4, 0.5) is 15.2 Å². The quantitative estimate of drug-likeness (QED) is 0.368. The van der Waals surface area contributed by atoms with Crippen LogP contribution in [-0.4, -0.2) is 43.7 Å². The van der Waals surface area contributed by atoms with E-state index in [0.717, 1.165) is 60.5 Å². The van der Waals surface area contributed by atoms with E-state index in [9.17, 15) is 17.9 Å². The van der Waals surface area contributed by atoms with Crippen molar-refractivity contribution in [3.05, 3.63) is 34.0 Å². The highest BCUT2D eigenvalue weighted by Crippen LogP contribution is 2.30. The molecule has 7 nitrogen and oxygen atoms in total. The van der Waals surface area contributed by atoms with E-state index < -0.39 is 26.3 Å². The fraction of sp³-hybridized carbons (Fsp3) is 0.526. The summed E-state index contributed by atoms with van der Waals surface area (Å²) in [6, 6.07) is 2.21. The number of thiazole rings is 1. The average Bonchev–Trinajstić information content (AvgIpc) is 3.05. The Balaban J connectivity index is 1.49. The van der Waals surface area contributed by atoms with Crippen LogP contribution in [-0.2, 0) is 10.0 Å². The van der Waals surface area contributed by atoms with E-state index in [0.29, 0.717) is 25.3 Å². The van der Waals surface area contributed by atoms with Gasteiger partial charge in [-0.25, -0.2) is 17.8 Å². The molecule has 1 aliphatic heterocycles. The lowest BCUT2D eigenvalue weighted by Gasteiger charge is -2.37. The summed E-state index contributed by atoms with van der Waals surface area (Å²) in [6.45, 7) is 3.72. The minimum Gasteiger partial charge on any atom is -0.387 e. The number of aliphatic hydroxyl groups is 1. The number of aryl methyl sites for hydroxylation is 1. The van der Waals surface area contributed by atoms with Crippen molar-refractivity contribution in [2.75, 3.05) is 29.7 Å². The predicted octanol–water partition coefficient (Wildman–Crippen LogP) is 3.74. The molecular formula is C19H26ClFN4O3S2. The zero-order valence-electron chi connectivity index (χ0n) is 16.7. The smallest absolute Gasteiger partial charge is 0.266 e. The van der Waals surface area contributed by atoms with E-state index in [4.69, 9.17) is 11.6 Å². The second kappa shape index (κ2) is 9.78. The van der Waals surface area contributed by atoms with Crippen LogP contribution < -0.4 is 15.4 Å². The van der Waals surface area contributed by atoms with Crippen molar-refractivity contribution in [1.29, 1.82) is 0 Å². The highest BCUT2D eigenvalue weighted by Gasteiger charge is 2.33. The van der Waals surface area contributed by atoms with E-state index in [1.54, 1.807) is 6.92 Å². The van der Waals surface area contributed by atoms with Crippen LogP contribution in [0.15, 0.2) is 23.2 Å². The van der Waals surface area contributed by atoms with Crippen molar-refractivity contribution in [3.8, 4) is 0 Å². The van der Waals surface area contributed by atoms with Gasteiger partial charge in [-0.1, -0.05) is 30.9 Å². The molecule has 30 heavy (non-hydrogen) atoms. The van der Waals surface area contributed by atoms with Gasteiger partial charge < -0.3 is 15.7 Å². The first-order chi connectivity index (χ1) is 14.2. The molecule has 2 heterocycles. The molecule has 1 aromatic carbocycles. The Kier molecular flexibility index (Phi) is 7.56. The van der Waals surface area contributed by atoms with E-state index in [-0.39, 0.29) is 10.2 Å². The van der Waals surface area contributed by atoms with Gasteiger partial charge in [0.25, 0.3) is 10.0 Å². The number of unbranched alkanes of at least 4 members (excludes halogenated alkanes) is 3. The van der Waals surface area contributed by atoms with Gasteiger partial charge in [0.1, 0.15) is 10.7 Å². The third-order valence-corrected chi connectivity index (χ3v) is 7.57. The number of halogens is 2. The van der Waals surface area contributed by atoms with E-state index in [1.807, 2.05) is 0 Å². The molecule has 2 aromatic rings. The van der Waals surface area contributed by atoms with Crippen molar-refractivity contribution < 1.29 is 17.9 Å². The van der Waals surface area contributed by atoms with Gasteiger partial charge in [-0.3, -0.25) is 4.72 Å². The first-order valence-corrected chi connectivity index (χ1v) is 12.5. The lowest BCUT2D eigenvalue weighted by atomic mass is 9.90. The number of aromatic nitrogens is 1. The molecule has 1 aliphatic rings. The molecule has 4 N–H and O–H groups in total. The standard InChI is InChI=1S/C19H26ClFN4O3S2/c1-13-10-24-18(29-13)25-30(27,28)17-8-14(20)16(9-15(17)21)23-7-5-3-2-4-6-19(26)11-22-12-19/h8-10,22-23,26H,2-7,11-12H2,1H3,(H,24,25). The molecule has 166 valence electrons.